The van der Waals surface area contributed by atoms with E-state index in [1.54, 1.807) is 54.7 Å². The molecule has 1 heterocycles. The van der Waals surface area contributed by atoms with Crippen molar-refractivity contribution in [2.24, 2.45) is 0 Å². The van der Waals surface area contributed by atoms with Crippen molar-refractivity contribution < 1.29 is 9.18 Å². The van der Waals surface area contributed by atoms with Crippen molar-refractivity contribution in [1.29, 1.82) is 0 Å². The first-order valence-corrected chi connectivity index (χ1v) is 7.53. The standard InChI is InChI=1S/C18H13ClFN3O/c19-12-1-5-15(6-2-12)23-18(24)17-10-9-16(11-21-17)22-14-7-3-13(20)4-8-14/h1-11,22H,(H,23,24). The van der Waals surface area contributed by atoms with E-state index in [4.69, 9.17) is 11.6 Å². The van der Waals surface area contributed by atoms with Crippen molar-refractivity contribution in [2.45, 2.75) is 0 Å². The number of hydrogen-bond donors (Lipinski definition) is 2. The molecule has 6 heteroatoms. The number of anilines is 3. The molecule has 3 aromatic rings. The fourth-order valence-corrected chi connectivity index (χ4v) is 2.16. The Morgan fingerprint density at radius 1 is 0.875 bits per heavy atom. The third-order valence-electron chi connectivity index (χ3n) is 3.23. The Balaban J connectivity index is 1.66. The number of amides is 1. The molecule has 4 nitrogen and oxygen atoms in total. The molecule has 3 rings (SSSR count). The second kappa shape index (κ2) is 7.10. The van der Waals surface area contributed by atoms with Crippen LogP contribution >= 0.6 is 11.6 Å². The van der Waals surface area contributed by atoms with Gasteiger partial charge in [-0.25, -0.2) is 9.37 Å². The molecule has 0 saturated heterocycles. The summed E-state index contributed by atoms with van der Waals surface area (Å²) in [5.41, 5.74) is 2.36. The lowest BCUT2D eigenvalue weighted by atomic mass is 10.2. The van der Waals surface area contributed by atoms with Gasteiger partial charge in [-0.2, -0.15) is 0 Å². The lowest BCUT2D eigenvalue weighted by Gasteiger charge is -2.08. The molecule has 0 saturated carbocycles. The van der Waals surface area contributed by atoms with Crippen LogP contribution in [0.15, 0.2) is 66.9 Å². The van der Waals surface area contributed by atoms with Crippen molar-refractivity contribution in [3.63, 3.8) is 0 Å². The minimum Gasteiger partial charge on any atom is -0.354 e. The van der Waals surface area contributed by atoms with E-state index in [0.29, 0.717) is 16.4 Å². The van der Waals surface area contributed by atoms with Gasteiger partial charge in [-0.3, -0.25) is 4.79 Å². The number of nitrogens with zero attached hydrogens (tertiary/aromatic N) is 1. The van der Waals surface area contributed by atoms with Gasteiger partial charge in [0.25, 0.3) is 5.91 Å². The number of benzene rings is 2. The number of pyridine rings is 1. The third-order valence-corrected chi connectivity index (χ3v) is 3.48. The van der Waals surface area contributed by atoms with Crippen LogP contribution in [0.5, 0.6) is 0 Å². The zero-order valence-electron chi connectivity index (χ0n) is 12.5. The van der Waals surface area contributed by atoms with Gasteiger partial charge in [0.15, 0.2) is 0 Å². The average Bonchev–Trinajstić information content (AvgIpc) is 2.59. The van der Waals surface area contributed by atoms with Crippen LogP contribution in [0.1, 0.15) is 10.5 Å². The fraction of sp³-hybridized carbons (Fsp3) is 0. The minimum absolute atomic E-state index is 0.287. The normalized spacial score (nSPS) is 10.2. The molecule has 2 N–H and O–H groups in total. The molecule has 0 aliphatic heterocycles. The Hall–Kier alpha value is -2.92. The Labute approximate surface area is 143 Å². The Kier molecular flexibility index (Phi) is 4.72. The summed E-state index contributed by atoms with van der Waals surface area (Å²) in [5, 5.41) is 6.42. The van der Waals surface area contributed by atoms with Crippen LogP contribution in [0.3, 0.4) is 0 Å². The van der Waals surface area contributed by atoms with Crippen LogP contribution in [0, 0.1) is 5.82 Å². The predicted octanol–water partition coefficient (Wildman–Crippen LogP) is 4.87. The lowest BCUT2D eigenvalue weighted by molar-refractivity contribution is 0.102. The van der Waals surface area contributed by atoms with E-state index in [1.807, 2.05) is 0 Å². The van der Waals surface area contributed by atoms with Gasteiger partial charge in [0, 0.05) is 16.4 Å². The maximum Gasteiger partial charge on any atom is 0.274 e. The van der Waals surface area contributed by atoms with Gasteiger partial charge >= 0.3 is 0 Å². The highest BCUT2D eigenvalue weighted by molar-refractivity contribution is 6.30. The lowest BCUT2D eigenvalue weighted by Crippen LogP contribution is -2.13. The Bertz CT molecular complexity index is 834. The molecule has 0 spiro atoms. The van der Waals surface area contributed by atoms with Crippen molar-refractivity contribution >= 4 is 34.6 Å². The van der Waals surface area contributed by atoms with Crippen molar-refractivity contribution in [1.82, 2.24) is 4.98 Å². The summed E-state index contributed by atoms with van der Waals surface area (Å²) < 4.78 is 12.9. The number of aromatic nitrogens is 1. The van der Waals surface area contributed by atoms with E-state index in [1.165, 1.54) is 12.1 Å². The molecule has 0 unspecified atom stereocenters. The molecule has 1 amide bonds. The summed E-state index contributed by atoms with van der Waals surface area (Å²) in [6.07, 6.45) is 1.54. The highest BCUT2D eigenvalue weighted by Gasteiger charge is 2.07. The van der Waals surface area contributed by atoms with Gasteiger partial charge in [0.2, 0.25) is 0 Å². The summed E-state index contributed by atoms with van der Waals surface area (Å²) in [5.74, 6) is -0.612. The minimum atomic E-state index is -0.314. The molecule has 0 fully saturated rings. The van der Waals surface area contributed by atoms with Gasteiger partial charge in [0.1, 0.15) is 11.5 Å². The molecule has 0 bridgehead atoms. The van der Waals surface area contributed by atoms with Crippen molar-refractivity contribution in [3.05, 3.63) is 83.4 Å². The second-order valence-corrected chi connectivity index (χ2v) is 5.46. The van der Waals surface area contributed by atoms with E-state index >= 15 is 0 Å². The number of rotatable bonds is 4. The Morgan fingerprint density at radius 3 is 2.12 bits per heavy atom. The molecule has 2 aromatic carbocycles. The zero-order valence-corrected chi connectivity index (χ0v) is 13.2. The number of halogens is 2. The summed E-state index contributed by atoms with van der Waals surface area (Å²) in [4.78, 5) is 16.3. The molecule has 0 atom stereocenters. The molecule has 120 valence electrons. The molecule has 24 heavy (non-hydrogen) atoms. The Morgan fingerprint density at radius 2 is 1.50 bits per heavy atom. The summed E-state index contributed by atoms with van der Waals surface area (Å²) in [6, 6.07) is 16.1. The van der Waals surface area contributed by atoms with Crippen LogP contribution in [-0.2, 0) is 0 Å². The van der Waals surface area contributed by atoms with E-state index in [-0.39, 0.29) is 17.4 Å². The highest BCUT2D eigenvalue weighted by atomic mass is 35.5. The number of hydrogen-bond acceptors (Lipinski definition) is 3. The largest absolute Gasteiger partial charge is 0.354 e. The first-order chi connectivity index (χ1) is 11.6. The third kappa shape index (κ3) is 4.08. The van der Waals surface area contributed by atoms with E-state index < -0.39 is 0 Å². The predicted molar refractivity (Wildman–Crippen MR) is 93.3 cm³/mol. The van der Waals surface area contributed by atoms with E-state index in [9.17, 15) is 9.18 Å². The smallest absolute Gasteiger partial charge is 0.274 e. The van der Waals surface area contributed by atoms with Gasteiger partial charge in [-0.05, 0) is 60.7 Å². The first-order valence-electron chi connectivity index (χ1n) is 7.16. The van der Waals surface area contributed by atoms with Crippen LogP contribution < -0.4 is 10.6 Å². The quantitative estimate of drug-likeness (QED) is 0.711. The maximum absolute atomic E-state index is 12.9. The average molecular weight is 342 g/mol. The van der Waals surface area contributed by atoms with Gasteiger partial charge in [0.05, 0.1) is 11.9 Å². The molecular formula is C18H13ClFN3O. The highest BCUT2D eigenvalue weighted by Crippen LogP contribution is 2.17. The van der Waals surface area contributed by atoms with Gasteiger partial charge < -0.3 is 10.6 Å². The fourth-order valence-electron chi connectivity index (χ4n) is 2.03. The SMILES string of the molecule is O=C(Nc1ccc(Cl)cc1)c1ccc(Nc2ccc(F)cc2)cn1. The molecule has 0 aliphatic carbocycles. The summed E-state index contributed by atoms with van der Waals surface area (Å²) in [7, 11) is 0. The van der Waals surface area contributed by atoms with E-state index in [0.717, 1.165) is 5.69 Å². The van der Waals surface area contributed by atoms with E-state index in [2.05, 4.69) is 15.6 Å². The number of carbonyl (C=O) groups is 1. The number of nitrogens with one attached hydrogen (secondary N) is 2. The topological polar surface area (TPSA) is 54.0 Å². The molecule has 0 aliphatic rings. The molecule has 1 aromatic heterocycles. The molecular weight excluding hydrogens is 329 g/mol. The monoisotopic (exact) mass is 341 g/mol. The first kappa shape index (κ1) is 16.0. The van der Waals surface area contributed by atoms with Gasteiger partial charge in [-0.1, -0.05) is 11.6 Å². The van der Waals surface area contributed by atoms with Gasteiger partial charge in [-0.15, -0.1) is 0 Å². The molecule has 0 radical (unpaired) electrons. The van der Waals surface area contributed by atoms with Crippen LogP contribution in [0.4, 0.5) is 21.5 Å². The van der Waals surface area contributed by atoms with Crippen molar-refractivity contribution in [3.8, 4) is 0 Å². The van der Waals surface area contributed by atoms with Crippen LogP contribution in [0.2, 0.25) is 5.02 Å². The number of carbonyl (C=O) groups excluding carboxylic acids is 1. The maximum atomic E-state index is 12.9. The summed E-state index contributed by atoms with van der Waals surface area (Å²) in [6.45, 7) is 0. The summed E-state index contributed by atoms with van der Waals surface area (Å²) >= 11 is 5.80. The van der Waals surface area contributed by atoms with Crippen LogP contribution in [0.25, 0.3) is 0 Å². The zero-order chi connectivity index (χ0) is 16.9. The van der Waals surface area contributed by atoms with Crippen molar-refractivity contribution in [2.75, 3.05) is 10.6 Å². The van der Waals surface area contributed by atoms with Crippen LogP contribution in [-0.4, -0.2) is 10.9 Å². The second-order valence-electron chi connectivity index (χ2n) is 5.03.